The van der Waals surface area contributed by atoms with Crippen molar-refractivity contribution in [3.05, 3.63) is 57.0 Å². The van der Waals surface area contributed by atoms with Crippen molar-refractivity contribution in [2.24, 2.45) is 5.73 Å². The van der Waals surface area contributed by atoms with E-state index in [1.807, 2.05) is 30.3 Å². The molecule has 2 N–H and O–H groups in total. The van der Waals surface area contributed by atoms with Gasteiger partial charge in [-0.05, 0) is 29.8 Å². The molecule has 0 aliphatic carbocycles. The second kappa shape index (κ2) is 6.48. The maximum Gasteiger partial charge on any atom is 0.146 e. The molecule has 5 heteroatoms. The number of ether oxygens (including phenoxy) is 2. The summed E-state index contributed by atoms with van der Waals surface area (Å²) in [6.45, 7) is 0. The molecule has 0 heterocycles. The summed E-state index contributed by atoms with van der Waals surface area (Å²) >= 11 is 9.71. The lowest BCUT2D eigenvalue weighted by Crippen LogP contribution is -2.13. The number of nitrogens with two attached hydrogens (primary N) is 1. The van der Waals surface area contributed by atoms with Crippen molar-refractivity contribution in [2.75, 3.05) is 14.2 Å². The summed E-state index contributed by atoms with van der Waals surface area (Å²) in [4.78, 5) is 0. The monoisotopic (exact) mass is 355 g/mol. The first-order valence-electron chi connectivity index (χ1n) is 6.00. The van der Waals surface area contributed by atoms with Crippen LogP contribution in [0.4, 0.5) is 0 Å². The fourth-order valence-electron chi connectivity index (χ4n) is 2.04. The Labute approximate surface area is 131 Å². The van der Waals surface area contributed by atoms with Gasteiger partial charge in [-0.1, -0.05) is 39.7 Å². The molecule has 1 unspecified atom stereocenters. The summed E-state index contributed by atoms with van der Waals surface area (Å²) in [7, 11) is 3.13. The van der Waals surface area contributed by atoms with Crippen LogP contribution in [-0.4, -0.2) is 14.2 Å². The zero-order chi connectivity index (χ0) is 14.7. The molecule has 20 heavy (non-hydrogen) atoms. The maximum absolute atomic E-state index is 6.32. The second-order valence-corrected chi connectivity index (χ2v) is 5.53. The van der Waals surface area contributed by atoms with Gasteiger partial charge in [0.2, 0.25) is 0 Å². The lowest BCUT2D eigenvalue weighted by Gasteiger charge is -2.18. The van der Waals surface area contributed by atoms with E-state index in [-0.39, 0.29) is 6.04 Å². The van der Waals surface area contributed by atoms with Gasteiger partial charge in [0.15, 0.2) is 0 Å². The number of halogens is 2. The molecule has 0 saturated heterocycles. The zero-order valence-electron chi connectivity index (χ0n) is 11.2. The summed E-state index contributed by atoms with van der Waals surface area (Å²) in [6.07, 6.45) is 0. The van der Waals surface area contributed by atoms with Crippen molar-refractivity contribution in [3.8, 4) is 11.5 Å². The third kappa shape index (κ3) is 2.92. The predicted octanol–water partition coefficient (Wildman–Crippen LogP) is 4.17. The molecule has 2 aromatic rings. The minimum atomic E-state index is -0.328. The second-order valence-electron chi connectivity index (χ2n) is 4.24. The highest BCUT2D eigenvalue weighted by Crippen LogP contribution is 2.40. The Hall–Kier alpha value is -1.23. The van der Waals surface area contributed by atoms with Crippen molar-refractivity contribution in [1.82, 2.24) is 0 Å². The molecule has 0 amide bonds. The van der Waals surface area contributed by atoms with E-state index >= 15 is 0 Å². The Bertz CT molecular complexity index is 619. The van der Waals surface area contributed by atoms with E-state index in [9.17, 15) is 0 Å². The summed E-state index contributed by atoms with van der Waals surface area (Å²) in [5.41, 5.74) is 8.11. The average molecular weight is 357 g/mol. The smallest absolute Gasteiger partial charge is 0.146 e. The topological polar surface area (TPSA) is 44.5 Å². The first kappa shape index (κ1) is 15.2. The van der Waals surface area contributed by atoms with Crippen molar-refractivity contribution < 1.29 is 9.47 Å². The molecule has 0 aliphatic heterocycles. The van der Waals surface area contributed by atoms with Gasteiger partial charge < -0.3 is 15.2 Å². The molecule has 2 aromatic carbocycles. The summed E-state index contributed by atoms with van der Waals surface area (Å²) in [5.74, 6) is 1.10. The van der Waals surface area contributed by atoms with Crippen LogP contribution in [0, 0.1) is 0 Å². The Morgan fingerprint density at radius 2 is 1.90 bits per heavy atom. The van der Waals surface area contributed by atoms with E-state index in [4.69, 9.17) is 26.8 Å². The Kier molecular flexibility index (Phi) is 4.91. The van der Waals surface area contributed by atoms with Gasteiger partial charge in [-0.25, -0.2) is 0 Å². The van der Waals surface area contributed by atoms with E-state index in [1.165, 1.54) is 0 Å². The van der Waals surface area contributed by atoms with Gasteiger partial charge in [-0.15, -0.1) is 0 Å². The standard InChI is InChI=1S/C15H15BrClNO2/c1-19-12-7-6-11(15(20-2)13(12)17)14(18)9-4-3-5-10(16)8-9/h3-8,14H,18H2,1-2H3. The summed E-state index contributed by atoms with van der Waals surface area (Å²) < 4.78 is 11.6. The number of hydrogen-bond acceptors (Lipinski definition) is 3. The molecule has 106 valence electrons. The molecule has 3 nitrogen and oxygen atoms in total. The van der Waals surface area contributed by atoms with Crippen molar-refractivity contribution >= 4 is 27.5 Å². The van der Waals surface area contributed by atoms with Crippen molar-refractivity contribution in [2.45, 2.75) is 6.04 Å². The van der Waals surface area contributed by atoms with Crippen LogP contribution in [0.3, 0.4) is 0 Å². The van der Waals surface area contributed by atoms with Gasteiger partial charge in [0.05, 0.1) is 20.3 Å². The molecular weight excluding hydrogens is 342 g/mol. The third-order valence-electron chi connectivity index (χ3n) is 3.06. The highest BCUT2D eigenvalue weighted by molar-refractivity contribution is 9.10. The molecule has 0 bridgehead atoms. The number of rotatable bonds is 4. The van der Waals surface area contributed by atoms with Gasteiger partial charge in [0.1, 0.15) is 16.5 Å². The Morgan fingerprint density at radius 3 is 2.50 bits per heavy atom. The van der Waals surface area contributed by atoms with Crippen molar-refractivity contribution in [3.63, 3.8) is 0 Å². The first-order valence-corrected chi connectivity index (χ1v) is 7.17. The Balaban J connectivity index is 2.49. The third-order valence-corrected chi connectivity index (χ3v) is 3.91. The molecule has 0 aliphatic rings. The molecule has 0 fully saturated rings. The van der Waals surface area contributed by atoms with Crippen LogP contribution >= 0.6 is 27.5 Å². The normalized spacial score (nSPS) is 12.1. The fraction of sp³-hybridized carbons (Fsp3) is 0.200. The van der Waals surface area contributed by atoms with E-state index in [0.717, 1.165) is 15.6 Å². The summed E-state index contributed by atoms with van der Waals surface area (Å²) in [6, 6.07) is 11.2. The van der Waals surface area contributed by atoms with Crippen LogP contribution in [-0.2, 0) is 0 Å². The molecule has 1 atom stereocenters. The SMILES string of the molecule is COc1ccc(C(N)c2cccc(Br)c2)c(OC)c1Cl. The van der Waals surface area contributed by atoms with E-state index in [2.05, 4.69) is 15.9 Å². The minimum absolute atomic E-state index is 0.328. The van der Waals surface area contributed by atoms with Crippen LogP contribution in [0.25, 0.3) is 0 Å². The molecular formula is C15H15BrClNO2. The van der Waals surface area contributed by atoms with Gasteiger partial charge >= 0.3 is 0 Å². The lowest BCUT2D eigenvalue weighted by atomic mass is 9.98. The van der Waals surface area contributed by atoms with Gasteiger partial charge in [0.25, 0.3) is 0 Å². The van der Waals surface area contributed by atoms with Crippen LogP contribution in [0.15, 0.2) is 40.9 Å². The Morgan fingerprint density at radius 1 is 1.15 bits per heavy atom. The van der Waals surface area contributed by atoms with Crippen molar-refractivity contribution in [1.29, 1.82) is 0 Å². The van der Waals surface area contributed by atoms with Crippen LogP contribution in [0.1, 0.15) is 17.2 Å². The van der Waals surface area contributed by atoms with Crippen LogP contribution < -0.4 is 15.2 Å². The number of hydrogen-bond donors (Lipinski definition) is 1. The van der Waals surface area contributed by atoms with Crippen LogP contribution in [0.2, 0.25) is 5.02 Å². The zero-order valence-corrected chi connectivity index (χ0v) is 13.5. The number of methoxy groups -OCH3 is 2. The largest absolute Gasteiger partial charge is 0.495 e. The summed E-state index contributed by atoms with van der Waals surface area (Å²) in [5, 5.41) is 0.429. The van der Waals surface area contributed by atoms with Gasteiger partial charge in [0, 0.05) is 10.0 Å². The van der Waals surface area contributed by atoms with Crippen LogP contribution in [0.5, 0.6) is 11.5 Å². The molecule has 0 aromatic heterocycles. The molecule has 0 radical (unpaired) electrons. The highest BCUT2D eigenvalue weighted by Gasteiger charge is 2.19. The molecule has 2 rings (SSSR count). The average Bonchev–Trinajstić information content (AvgIpc) is 2.46. The fourth-order valence-corrected chi connectivity index (χ4v) is 2.79. The van der Waals surface area contributed by atoms with E-state index in [1.54, 1.807) is 20.3 Å². The first-order chi connectivity index (χ1) is 9.58. The maximum atomic E-state index is 6.32. The van der Waals surface area contributed by atoms with E-state index < -0.39 is 0 Å². The van der Waals surface area contributed by atoms with Gasteiger partial charge in [-0.2, -0.15) is 0 Å². The quantitative estimate of drug-likeness (QED) is 0.894. The van der Waals surface area contributed by atoms with E-state index in [0.29, 0.717) is 16.5 Å². The number of benzene rings is 2. The minimum Gasteiger partial charge on any atom is -0.495 e. The predicted molar refractivity (Wildman–Crippen MR) is 84.7 cm³/mol. The molecule has 0 saturated carbocycles. The lowest BCUT2D eigenvalue weighted by molar-refractivity contribution is 0.390. The highest BCUT2D eigenvalue weighted by atomic mass is 79.9. The molecule has 0 spiro atoms. The van der Waals surface area contributed by atoms with Gasteiger partial charge in [-0.3, -0.25) is 0 Å².